The smallest absolute Gasteiger partial charge is 0.404 e. The number of nitrogens with zero attached hydrogens (tertiary/aromatic N) is 1. The first kappa shape index (κ1) is 13.4. The van der Waals surface area contributed by atoms with Crippen LogP contribution in [0.4, 0.5) is 9.18 Å². The van der Waals surface area contributed by atoms with Gasteiger partial charge in [-0.1, -0.05) is 18.2 Å². The van der Waals surface area contributed by atoms with E-state index in [9.17, 15) is 9.18 Å². The number of likely N-dealkylation sites (tertiary alicyclic amines) is 1. The zero-order valence-corrected chi connectivity index (χ0v) is 11.3. The van der Waals surface area contributed by atoms with E-state index in [0.29, 0.717) is 6.54 Å². The first-order valence-electron chi connectivity index (χ1n) is 7.08. The maximum atomic E-state index is 14.1. The molecule has 3 rings (SSSR count). The average Bonchev–Trinajstić information content (AvgIpc) is 2.78. The van der Waals surface area contributed by atoms with Gasteiger partial charge in [-0.05, 0) is 31.7 Å². The number of halogens is 1. The molecule has 2 N–H and O–H groups in total. The van der Waals surface area contributed by atoms with Crippen molar-refractivity contribution in [2.24, 2.45) is 5.73 Å². The summed E-state index contributed by atoms with van der Waals surface area (Å²) in [7, 11) is 0. The second-order valence-electron chi connectivity index (χ2n) is 5.66. The molecule has 0 radical (unpaired) electrons. The number of hydrogen-bond acceptors (Lipinski definition) is 3. The van der Waals surface area contributed by atoms with Crippen LogP contribution in [0, 0.1) is 5.82 Å². The monoisotopic (exact) mass is 278 g/mol. The second kappa shape index (κ2) is 5.05. The third-order valence-corrected chi connectivity index (χ3v) is 4.59. The summed E-state index contributed by atoms with van der Waals surface area (Å²) >= 11 is 0. The number of ether oxygens (including phenoxy) is 1. The van der Waals surface area contributed by atoms with Crippen LogP contribution in [-0.4, -0.2) is 30.2 Å². The van der Waals surface area contributed by atoms with Crippen molar-refractivity contribution in [3.63, 3.8) is 0 Å². The Morgan fingerprint density at radius 2 is 2.15 bits per heavy atom. The maximum Gasteiger partial charge on any atom is 0.404 e. The molecule has 1 unspecified atom stereocenters. The van der Waals surface area contributed by atoms with Gasteiger partial charge in [-0.25, -0.2) is 9.18 Å². The van der Waals surface area contributed by atoms with Crippen molar-refractivity contribution in [2.45, 2.75) is 37.3 Å². The van der Waals surface area contributed by atoms with Crippen molar-refractivity contribution in [1.82, 2.24) is 4.90 Å². The lowest BCUT2D eigenvalue weighted by molar-refractivity contribution is 0.0160. The molecule has 2 fully saturated rings. The van der Waals surface area contributed by atoms with Crippen LogP contribution in [0.3, 0.4) is 0 Å². The van der Waals surface area contributed by atoms with E-state index in [2.05, 4.69) is 4.90 Å². The predicted molar refractivity (Wildman–Crippen MR) is 72.6 cm³/mol. The van der Waals surface area contributed by atoms with Crippen molar-refractivity contribution in [2.75, 3.05) is 13.1 Å². The van der Waals surface area contributed by atoms with Gasteiger partial charge in [0.1, 0.15) is 11.9 Å². The molecule has 2 aliphatic rings. The van der Waals surface area contributed by atoms with Gasteiger partial charge in [0.05, 0.1) is 0 Å². The summed E-state index contributed by atoms with van der Waals surface area (Å²) < 4.78 is 19.2. The van der Waals surface area contributed by atoms with Crippen molar-refractivity contribution < 1.29 is 13.9 Å². The zero-order chi connectivity index (χ0) is 14.2. The van der Waals surface area contributed by atoms with Gasteiger partial charge in [0, 0.05) is 24.2 Å². The van der Waals surface area contributed by atoms with Crippen molar-refractivity contribution in [3.05, 3.63) is 35.6 Å². The number of carbonyl (C=O) groups is 1. The molecule has 1 aromatic rings. The molecule has 4 nitrogen and oxygen atoms in total. The molecule has 1 amide bonds. The van der Waals surface area contributed by atoms with Crippen LogP contribution in [0.1, 0.15) is 31.2 Å². The highest BCUT2D eigenvalue weighted by Crippen LogP contribution is 2.48. The van der Waals surface area contributed by atoms with Gasteiger partial charge in [-0.15, -0.1) is 0 Å². The summed E-state index contributed by atoms with van der Waals surface area (Å²) in [6.45, 7) is 1.45. The van der Waals surface area contributed by atoms with Gasteiger partial charge < -0.3 is 10.5 Å². The van der Waals surface area contributed by atoms with Gasteiger partial charge in [-0.3, -0.25) is 4.90 Å². The highest BCUT2D eigenvalue weighted by molar-refractivity contribution is 5.64. The van der Waals surface area contributed by atoms with Crippen LogP contribution in [0.5, 0.6) is 0 Å². The minimum atomic E-state index is -0.731. The maximum absolute atomic E-state index is 14.1. The Balaban J connectivity index is 1.81. The number of carbonyl (C=O) groups excluding carboxylic acids is 1. The molecule has 5 heteroatoms. The Labute approximate surface area is 117 Å². The standard InChI is InChI=1S/C15H19FN2O2/c16-13-5-2-1-4-12(13)15(7-3-8-15)18-9-6-11(10-18)20-14(17)19/h1-2,4-5,11H,3,6-10H2,(H2,17,19). The number of nitrogens with two attached hydrogens (primary N) is 1. The van der Waals surface area contributed by atoms with E-state index in [1.54, 1.807) is 6.07 Å². The van der Waals surface area contributed by atoms with Crippen molar-refractivity contribution in [1.29, 1.82) is 0 Å². The molecule has 0 aromatic heterocycles. The fraction of sp³-hybridized carbons (Fsp3) is 0.533. The van der Waals surface area contributed by atoms with Crippen molar-refractivity contribution in [3.8, 4) is 0 Å². The third-order valence-electron chi connectivity index (χ3n) is 4.59. The van der Waals surface area contributed by atoms with E-state index in [0.717, 1.165) is 37.8 Å². The van der Waals surface area contributed by atoms with Crippen molar-refractivity contribution >= 4 is 6.09 Å². The molecular formula is C15H19FN2O2. The van der Waals surface area contributed by atoms with E-state index >= 15 is 0 Å². The Morgan fingerprint density at radius 3 is 2.75 bits per heavy atom. The van der Waals surface area contributed by atoms with Crippen LogP contribution < -0.4 is 5.73 Å². The van der Waals surface area contributed by atoms with Gasteiger partial charge in [0.15, 0.2) is 0 Å². The molecule has 0 spiro atoms. The lowest BCUT2D eigenvalue weighted by Gasteiger charge is -2.49. The van der Waals surface area contributed by atoms with Crippen LogP contribution in [-0.2, 0) is 10.3 Å². The fourth-order valence-electron chi connectivity index (χ4n) is 3.48. The summed E-state index contributed by atoms with van der Waals surface area (Å²) in [4.78, 5) is 13.1. The van der Waals surface area contributed by atoms with Crippen LogP contribution >= 0.6 is 0 Å². The number of benzene rings is 1. The average molecular weight is 278 g/mol. The summed E-state index contributed by atoms with van der Waals surface area (Å²) in [6.07, 6.45) is 2.88. The highest BCUT2D eigenvalue weighted by Gasteiger charge is 2.48. The van der Waals surface area contributed by atoms with E-state index in [1.165, 1.54) is 6.07 Å². The minimum Gasteiger partial charge on any atom is -0.445 e. The molecule has 1 aliphatic heterocycles. The number of rotatable bonds is 3. The Bertz CT molecular complexity index is 516. The van der Waals surface area contributed by atoms with Gasteiger partial charge in [0.25, 0.3) is 0 Å². The molecule has 1 heterocycles. The minimum absolute atomic E-state index is 0.147. The van der Waals surface area contributed by atoms with E-state index in [4.69, 9.17) is 10.5 Å². The summed E-state index contributed by atoms with van der Waals surface area (Å²) in [5.41, 5.74) is 5.62. The van der Waals surface area contributed by atoms with Crippen LogP contribution in [0.2, 0.25) is 0 Å². The summed E-state index contributed by atoms with van der Waals surface area (Å²) in [5, 5.41) is 0. The zero-order valence-electron chi connectivity index (χ0n) is 11.3. The first-order valence-corrected chi connectivity index (χ1v) is 7.08. The largest absolute Gasteiger partial charge is 0.445 e. The molecule has 1 saturated carbocycles. The second-order valence-corrected chi connectivity index (χ2v) is 5.66. The van der Waals surface area contributed by atoms with E-state index < -0.39 is 6.09 Å². The lowest BCUT2D eigenvalue weighted by Crippen LogP contribution is -2.51. The summed E-state index contributed by atoms with van der Waals surface area (Å²) in [6, 6.07) is 6.99. The molecule has 20 heavy (non-hydrogen) atoms. The predicted octanol–water partition coefficient (Wildman–Crippen LogP) is 2.37. The Hall–Kier alpha value is -1.62. The van der Waals surface area contributed by atoms with Gasteiger partial charge >= 0.3 is 6.09 Å². The van der Waals surface area contributed by atoms with E-state index in [-0.39, 0.29) is 17.5 Å². The molecule has 1 aromatic carbocycles. The fourth-order valence-corrected chi connectivity index (χ4v) is 3.48. The molecule has 0 bridgehead atoms. The topological polar surface area (TPSA) is 55.6 Å². The number of amides is 1. The lowest BCUT2D eigenvalue weighted by atomic mass is 9.70. The Morgan fingerprint density at radius 1 is 1.40 bits per heavy atom. The van der Waals surface area contributed by atoms with Gasteiger partial charge in [-0.2, -0.15) is 0 Å². The molecule has 1 saturated heterocycles. The third kappa shape index (κ3) is 2.16. The number of hydrogen-bond donors (Lipinski definition) is 1. The highest BCUT2D eigenvalue weighted by atomic mass is 19.1. The quantitative estimate of drug-likeness (QED) is 0.923. The van der Waals surface area contributed by atoms with Gasteiger partial charge in [0.2, 0.25) is 0 Å². The first-order chi connectivity index (χ1) is 9.62. The molecule has 1 aliphatic carbocycles. The summed E-state index contributed by atoms with van der Waals surface area (Å²) in [5.74, 6) is -0.147. The molecular weight excluding hydrogens is 259 g/mol. The molecule has 108 valence electrons. The Kier molecular flexibility index (Phi) is 3.38. The normalized spacial score (nSPS) is 25.1. The van der Waals surface area contributed by atoms with Crippen LogP contribution in [0.25, 0.3) is 0 Å². The number of primary amides is 1. The van der Waals surface area contributed by atoms with E-state index in [1.807, 2.05) is 12.1 Å². The van der Waals surface area contributed by atoms with Crippen LogP contribution in [0.15, 0.2) is 24.3 Å². The molecule has 1 atom stereocenters. The SMILES string of the molecule is NC(=O)OC1CCN(C2(c3ccccc3F)CCC2)C1.